The number of hydrogen-bond acceptors (Lipinski definition) is 3. The quantitative estimate of drug-likeness (QED) is 0.546. The van der Waals surface area contributed by atoms with Crippen LogP contribution in [-0.4, -0.2) is 7.05 Å². The minimum absolute atomic E-state index is 0.744. The van der Waals surface area contributed by atoms with Crippen LogP contribution in [0.3, 0.4) is 0 Å². The van der Waals surface area contributed by atoms with Crippen LogP contribution in [0, 0.1) is 0 Å². The highest BCUT2D eigenvalue weighted by Gasteiger charge is 1.96. The molecule has 0 saturated heterocycles. The Labute approximate surface area is 79.6 Å². The van der Waals surface area contributed by atoms with Crippen LogP contribution < -0.4 is 9.50 Å². The van der Waals surface area contributed by atoms with Gasteiger partial charge in [-0.2, -0.15) is 0 Å². The van der Waals surface area contributed by atoms with Crippen molar-refractivity contribution in [2.24, 2.45) is 0 Å². The molecular formula is C9H15NOS. The zero-order chi connectivity index (χ0) is 9.40. The zero-order valence-electron chi connectivity index (χ0n) is 7.66. The maximum Gasteiger partial charge on any atom is 0.160 e. The third kappa shape index (κ3) is 3.05. The first-order chi connectivity index (χ1) is 5.88. The van der Waals surface area contributed by atoms with Crippen LogP contribution in [0.4, 0.5) is 5.69 Å². The Kier molecular flexibility index (Phi) is 6.38. The van der Waals surface area contributed by atoms with Gasteiger partial charge in [0.15, 0.2) is 5.75 Å². The number of anilines is 1. The number of nitrogens with one attached hydrogen (secondary N) is 1. The fraction of sp³-hybridized carbons (Fsp3) is 0.333. The van der Waals surface area contributed by atoms with Gasteiger partial charge in [0.25, 0.3) is 0 Å². The number of para-hydroxylation sites is 2. The second-order valence-electron chi connectivity index (χ2n) is 1.84. The van der Waals surface area contributed by atoms with Crippen molar-refractivity contribution in [1.29, 1.82) is 0 Å². The molecule has 0 radical (unpaired) electrons. The van der Waals surface area contributed by atoms with Crippen LogP contribution in [0.15, 0.2) is 24.3 Å². The van der Waals surface area contributed by atoms with E-state index in [0.717, 1.165) is 11.4 Å². The van der Waals surface area contributed by atoms with Crippen molar-refractivity contribution in [3.05, 3.63) is 24.3 Å². The smallest absolute Gasteiger partial charge is 0.160 e. The summed E-state index contributed by atoms with van der Waals surface area (Å²) in [6, 6.07) is 7.60. The van der Waals surface area contributed by atoms with E-state index in [1.54, 1.807) is 0 Å². The van der Waals surface area contributed by atoms with Gasteiger partial charge in [-0.15, -0.1) is 0 Å². The molecule has 68 valence electrons. The summed E-state index contributed by atoms with van der Waals surface area (Å²) in [5.74, 6) is 0.744. The van der Waals surface area contributed by atoms with Gasteiger partial charge in [-0.3, -0.25) is 0 Å². The van der Waals surface area contributed by atoms with Crippen LogP contribution in [0.5, 0.6) is 5.75 Å². The third-order valence-corrected chi connectivity index (χ3v) is 1.45. The molecule has 1 aromatic carbocycles. The molecule has 3 heteroatoms. The average Bonchev–Trinajstić information content (AvgIpc) is 2.20. The molecule has 12 heavy (non-hydrogen) atoms. The molecule has 0 aliphatic heterocycles. The highest BCUT2D eigenvalue weighted by atomic mass is 32.1. The van der Waals surface area contributed by atoms with Crippen LogP contribution in [0.25, 0.3) is 0 Å². The van der Waals surface area contributed by atoms with Crippen molar-refractivity contribution in [2.75, 3.05) is 12.4 Å². The molecule has 0 aromatic heterocycles. The predicted octanol–water partition coefficient (Wildman–Crippen LogP) is 2.98. The molecule has 0 amide bonds. The van der Waals surface area contributed by atoms with E-state index in [4.69, 9.17) is 4.18 Å². The lowest BCUT2D eigenvalue weighted by Crippen LogP contribution is -1.89. The second-order valence-corrected chi connectivity index (χ2v) is 2.02. The SMILES string of the molecule is CC.CNc1ccccc1OS. The van der Waals surface area contributed by atoms with Crippen molar-refractivity contribution in [3.8, 4) is 5.75 Å². The molecule has 1 rings (SSSR count). The molecule has 0 heterocycles. The van der Waals surface area contributed by atoms with E-state index in [-0.39, 0.29) is 0 Å². The number of benzene rings is 1. The van der Waals surface area contributed by atoms with E-state index in [1.807, 2.05) is 45.2 Å². The number of hydrogen-bond donors (Lipinski definition) is 2. The van der Waals surface area contributed by atoms with E-state index >= 15 is 0 Å². The molecule has 0 saturated carbocycles. The molecule has 0 aliphatic carbocycles. The highest BCUT2D eigenvalue weighted by molar-refractivity contribution is 7.75. The van der Waals surface area contributed by atoms with Gasteiger partial charge in [0.05, 0.1) is 5.69 Å². The van der Waals surface area contributed by atoms with Gasteiger partial charge >= 0.3 is 0 Å². The van der Waals surface area contributed by atoms with Gasteiger partial charge < -0.3 is 9.50 Å². The molecule has 1 aromatic rings. The van der Waals surface area contributed by atoms with E-state index in [9.17, 15) is 0 Å². The van der Waals surface area contributed by atoms with Crippen molar-refractivity contribution >= 4 is 18.6 Å². The molecule has 0 atom stereocenters. The summed E-state index contributed by atoms with van der Waals surface area (Å²) in [4.78, 5) is 0. The van der Waals surface area contributed by atoms with Crippen molar-refractivity contribution in [2.45, 2.75) is 13.8 Å². The Morgan fingerprint density at radius 2 is 1.83 bits per heavy atom. The maximum absolute atomic E-state index is 4.77. The first-order valence-corrected chi connectivity index (χ1v) is 4.33. The lowest BCUT2D eigenvalue weighted by molar-refractivity contribution is 0.661. The first-order valence-electron chi connectivity index (χ1n) is 3.96. The summed E-state index contributed by atoms with van der Waals surface area (Å²) in [5.41, 5.74) is 0.942. The fourth-order valence-electron chi connectivity index (χ4n) is 0.753. The zero-order valence-corrected chi connectivity index (χ0v) is 8.56. The lowest BCUT2D eigenvalue weighted by Gasteiger charge is -2.04. The van der Waals surface area contributed by atoms with Crippen LogP contribution in [0.1, 0.15) is 13.8 Å². The monoisotopic (exact) mass is 185 g/mol. The number of rotatable bonds is 2. The second kappa shape index (κ2) is 6.85. The third-order valence-electron chi connectivity index (χ3n) is 1.25. The molecule has 0 fully saturated rings. The topological polar surface area (TPSA) is 21.3 Å². The summed E-state index contributed by atoms with van der Waals surface area (Å²) in [5, 5.41) is 2.97. The predicted molar refractivity (Wildman–Crippen MR) is 57.0 cm³/mol. The van der Waals surface area contributed by atoms with Crippen molar-refractivity contribution < 1.29 is 4.18 Å². The van der Waals surface area contributed by atoms with Gasteiger partial charge in [-0.25, -0.2) is 0 Å². The summed E-state index contributed by atoms with van der Waals surface area (Å²) < 4.78 is 4.77. The first kappa shape index (κ1) is 11.2. The summed E-state index contributed by atoms with van der Waals surface area (Å²) >= 11 is 3.69. The van der Waals surface area contributed by atoms with Crippen LogP contribution in [0.2, 0.25) is 0 Å². The fourth-order valence-corrected chi connectivity index (χ4v) is 0.912. The lowest BCUT2D eigenvalue weighted by atomic mass is 10.3. The average molecular weight is 185 g/mol. The standard InChI is InChI=1S/C7H9NOS.C2H6/c1-8-6-4-2-3-5-7(6)9-10;1-2/h2-5,8,10H,1H3;1-2H3. The molecule has 2 nitrogen and oxygen atoms in total. The molecule has 1 N–H and O–H groups in total. The molecule has 0 aliphatic rings. The van der Waals surface area contributed by atoms with E-state index in [1.165, 1.54) is 0 Å². The van der Waals surface area contributed by atoms with Gasteiger partial charge in [0, 0.05) is 20.0 Å². The van der Waals surface area contributed by atoms with Gasteiger partial charge in [0.2, 0.25) is 0 Å². The minimum Gasteiger partial charge on any atom is -0.427 e. The van der Waals surface area contributed by atoms with Crippen LogP contribution >= 0.6 is 12.9 Å². The Morgan fingerprint density at radius 3 is 2.25 bits per heavy atom. The largest absolute Gasteiger partial charge is 0.427 e. The molecular weight excluding hydrogens is 170 g/mol. The Hall–Kier alpha value is -0.830. The Balaban J connectivity index is 0.000000561. The normalized spacial score (nSPS) is 8.00. The summed E-state index contributed by atoms with van der Waals surface area (Å²) in [7, 11) is 1.84. The van der Waals surface area contributed by atoms with Crippen molar-refractivity contribution in [1.82, 2.24) is 0 Å². The summed E-state index contributed by atoms with van der Waals surface area (Å²) in [6.45, 7) is 4.00. The molecule has 0 bridgehead atoms. The van der Waals surface area contributed by atoms with Crippen LogP contribution in [-0.2, 0) is 0 Å². The Morgan fingerprint density at radius 1 is 1.25 bits per heavy atom. The minimum atomic E-state index is 0.744. The van der Waals surface area contributed by atoms with Crippen molar-refractivity contribution in [3.63, 3.8) is 0 Å². The highest BCUT2D eigenvalue weighted by Crippen LogP contribution is 2.23. The number of thiol groups is 1. The van der Waals surface area contributed by atoms with Gasteiger partial charge in [-0.1, -0.05) is 26.0 Å². The van der Waals surface area contributed by atoms with Gasteiger partial charge in [0.1, 0.15) is 0 Å². The van der Waals surface area contributed by atoms with E-state index in [2.05, 4.69) is 18.2 Å². The van der Waals surface area contributed by atoms with E-state index < -0.39 is 0 Å². The molecule has 0 unspecified atom stereocenters. The Bertz CT molecular complexity index is 192. The van der Waals surface area contributed by atoms with Gasteiger partial charge in [-0.05, 0) is 12.1 Å². The van der Waals surface area contributed by atoms with E-state index in [0.29, 0.717) is 0 Å². The molecule has 0 spiro atoms. The maximum atomic E-state index is 4.77. The summed E-state index contributed by atoms with van der Waals surface area (Å²) in [6.07, 6.45) is 0.